The van der Waals surface area contributed by atoms with Gasteiger partial charge in [-0.3, -0.25) is 9.52 Å². The minimum atomic E-state index is -3.55. The van der Waals surface area contributed by atoms with Gasteiger partial charge >= 0.3 is 0 Å². The number of ketones is 1. The highest BCUT2D eigenvalue weighted by Crippen LogP contribution is 2.36. The number of hydrogen-bond acceptors (Lipinski definition) is 6. The number of aromatic nitrogens is 2. The highest BCUT2D eigenvalue weighted by atomic mass is 35.5. The Hall–Kier alpha value is -4.22. The lowest BCUT2D eigenvalue weighted by Gasteiger charge is -2.13. The molecule has 0 aliphatic heterocycles. The van der Waals surface area contributed by atoms with E-state index in [2.05, 4.69) is 9.82 Å². The first-order valence-electron chi connectivity index (χ1n) is 11.5. The maximum Gasteiger partial charge on any atom is 0.229 e. The number of allylic oxidation sites excluding steroid dienone is 1. The molecule has 0 radical (unpaired) electrons. The first-order valence-corrected chi connectivity index (χ1v) is 13.8. The van der Waals surface area contributed by atoms with E-state index in [1.54, 1.807) is 31.2 Å². The summed E-state index contributed by atoms with van der Waals surface area (Å²) in [6.07, 6.45) is 4.13. The molecule has 5 rings (SSSR count). The molecule has 0 fully saturated rings. The van der Waals surface area contributed by atoms with Gasteiger partial charge < -0.3 is 10.5 Å². The summed E-state index contributed by atoms with van der Waals surface area (Å²) in [5.41, 5.74) is 8.68. The van der Waals surface area contributed by atoms with Gasteiger partial charge in [0.25, 0.3) is 0 Å². The summed E-state index contributed by atoms with van der Waals surface area (Å²) >= 11 is 6.22. The third kappa shape index (κ3) is 5.23. The number of benzene rings is 3. The normalized spacial score (nSPS) is 12.7. The quantitative estimate of drug-likeness (QED) is 0.276. The van der Waals surface area contributed by atoms with Gasteiger partial charge in [-0.1, -0.05) is 23.7 Å². The number of aryl methyl sites for hydroxylation is 1. The molecule has 3 N–H and O–H groups in total. The number of nitrogens with zero attached hydrogens (tertiary/aromatic N) is 2. The van der Waals surface area contributed by atoms with Gasteiger partial charge in [-0.05, 0) is 60.0 Å². The van der Waals surface area contributed by atoms with Crippen LogP contribution in [-0.4, -0.2) is 30.2 Å². The van der Waals surface area contributed by atoms with Crippen molar-refractivity contribution in [1.29, 1.82) is 0 Å². The molecular weight excluding hydrogens is 550 g/mol. The number of Topliss-reactive ketones (excluding diaryl/α,β-unsaturated/α-hetero) is 1. The summed E-state index contributed by atoms with van der Waals surface area (Å²) in [5.74, 6) is -1.78. The van der Waals surface area contributed by atoms with Crippen LogP contribution in [0.3, 0.4) is 0 Å². The zero-order valence-electron chi connectivity index (χ0n) is 20.6. The Balaban J connectivity index is 1.42. The molecule has 1 aliphatic carbocycles. The third-order valence-electron chi connectivity index (χ3n) is 6.08. The number of sulfonamides is 1. The number of anilines is 2. The van der Waals surface area contributed by atoms with Gasteiger partial charge in [0.2, 0.25) is 10.0 Å². The van der Waals surface area contributed by atoms with Crippen LogP contribution in [0.4, 0.5) is 20.3 Å². The van der Waals surface area contributed by atoms with Crippen molar-refractivity contribution >= 4 is 45.0 Å². The Labute approximate surface area is 227 Å². The molecule has 200 valence electrons. The SMILES string of the molecule is Cc1cc(Oc2ccccc2F)cc(F)c1-n1ncc(C(=O)C2=Cc3cc(NS(C)(=O)=O)c(Cl)cc3C2)c1N. The Morgan fingerprint density at radius 3 is 2.59 bits per heavy atom. The number of hydrogen-bond donors (Lipinski definition) is 2. The molecule has 8 nitrogen and oxygen atoms in total. The van der Waals surface area contributed by atoms with Crippen molar-refractivity contribution in [3.63, 3.8) is 0 Å². The monoisotopic (exact) mass is 570 g/mol. The number of nitrogen functional groups attached to an aromatic ring is 1. The van der Waals surface area contributed by atoms with E-state index in [1.165, 1.54) is 30.5 Å². The largest absolute Gasteiger partial charge is 0.454 e. The van der Waals surface area contributed by atoms with Gasteiger partial charge in [0.15, 0.2) is 23.2 Å². The molecule has 0 bridgehead atoms. The number of ether oxygens (including phenoxy) is 1. The smallest absolute Gasteiger partial charge is 0.229 e. The van der Waals surface area contributed by atoms with Gasteiger partial charge in [-0.25, -0.2) is 21.9 Å². The zero-order valence-corrected chi connectivity index (χ0v) is 22.2. The Kier molecular flexibility index (Phi) is 6.65. The Morgan fingerprint density at radius 1 is 1.15 bits per heavy atom. The van der Waals surface area contributed by atoms with Crippen LogP contribution in [0.5, 0.6) is 11.5 Å². The lowest BCUT2D eigenvalue weighted by molar-refractivity contribution is 0.103. The number of fused-ring (bicyclic) bond motifs is 1. The van der Waals surface area contributed by atoms with E-state index in [0.717, 1.165) is 22.6 Å². The molecule has 4 aromatic rings. The Morgan fingerprint density at radius 2 is 1.90 bits per heavy atom. The second kappa shape index (κ2) is 9.83. The van der Waals surface area contributed by atoms with Crippen LogP contribution in [0.25, 0.3) is 11.8 Å². The van der Waals surface area contributed by atoms with E-state index in [0.29, 0.717) is 16.7 Å². The number of carbonyl (C=O) groups is 1. The first-order chi connectivity index (χ1) is 18.4. The second-order valence-electron chi connectivity index (χ2n) is 9.04. The van der Waals surface area contributed by atoms with Crippen molar-refractivity contribution in [3.05, 3.63) is 99.2 Å². The summed E-state index contributed by atoms with van der Waals surface area (Å²) < 4.78 is 61.4. The Bertz CT molecular complexity index is 1780. The van der Waals surface area contributed by atoms with Crippen LogP contribution in [-0.2, 0) is 16.4 Å². The molecule has 1 aromatic heterocycles. The maximum atomic E-state index is 15.2. The number of nitrogens with two attached hydrogens (primary N) is 1. The van der Waals surface area contributed by atoms with Gasteiger partial charge in [0.05, 0.1) is 28.7 Å². The number of para-hydroxylation sites is 1. The molecule has 12 heteroatoms. The number of rotatable bonds is 7. The summed E-state index contributed by atoms with van der Waals surface area (Å²) in [6, 6.07) is 11.5. The van der Waals surface area contributed by atoms with Gasteiger partial charge in [0, 0.05) is 18.1 Å². The predicted molar refractivity (Wildman–Crippen MR) is 145 cm³/mol. The van der Waals surface area contributed by atoms with E-state index in [9.17, 15) is 17.6 Å². The van der Waals surface area contributed by atoms with Crippen molar-refractivity contribution < 1.29 is 26.7 Å². The topological polar surface area (TPSA) is 116 Å². The number of nitrogens with one attached hydrogen (secondary N) is 1. The van der Waals surface area contributed by atoms with Crippen LogP contribution in [0.2, 0.25) is 5.02 Å². The van der Waals surface area contributed by atoms with Gasteiger partial charge in [-0.15, -0.1) is 0 Å². The molecule has 3 aromatic carbocycles. The van der Waals surface area contributed by atoms with Gasteiger partial charge in [0.1, 0.15) is 17.3 Å². The van der Waals surface area contributed by atoms with Crippen LogP contribution >= 0.6 is 11.6 Å². The summed E-state index contributed by atoms with van der Waals surface area (Å²) in [7, 11) is -3.55. The minimum absolute atomic E-state index is 0.0133. The molecular formula is C27H21ClF2N4O4S. The van der Waals surface area contributed by atoms with Crippen molar-refractivity contribution in [3.8, 4) is 17.2 Å². The van der Waals surface area contributed by atoms with Crippen LogP contribution in [0, 0.1) is 18.6 Å². The van der Waals surface area contributed by atoms with E-state index in [1.807, 2.05) is 0 Å². The molecule has 0 unspecified atom stereocenters. The third-order valence-corrected chi connectivity index (χ3v) is 6.98. The first kappa shape index (κ1) is 26.4. The predicted octanol–water partition coefficient (Wildman–Crippen LogP) is 5.68. The van der Waals surface area contributed by atoms with E-state index in [4.69, 9.17) is 22.1 Å². The van der Waals surface area contributed by atoms with E-state index >= 15 is 4.39 Å². The minimum Gasteiger partial charge on any atom is -0.454 e. The second-order valence-corrected chi connectivity index (χ2v) is 11.2. The van der Waals surface area contributed by atoms with Crippen molar-refractivity contribution in [2.75, 3.05) is 16.7 Å². The molecule has 39 heavy (non-hydrogen) atoms. The molecule has 0 spiro atoms. The molecule has 0 amide bonds. The molecule has 0 saturated carbocycles. The summed E-state index contributed by atoms with van der Waals surface area (Å²) in [5, 5.41) is 4.35. The zero-order chi connectivity index (χ0) is 28.1. The molecule has 0 atom stereocenters. The van der Waals surface area contributed by atoms with Crippen LogP contribution < -0.4 is 15.2 Å². The van der Waals surface area contributed by atoms with Gasteiger partial charge in [-0.2, -0.15) is 5.10 Å². The summed E-state index contributed by atoms with van der Waals surface area (Å²) in [4.78, 5) is 13.3. The average Bonchev–Trinajstić information content (AvgIpc) is 3.42. The fourth-order valence-corrected chi connectivity index (χ4v) is 5.21. The average molecular weight is 571 g/mol. The van der Waals surface area contributed by atoms with Crippen molar-refractivity contribution in [2.45, 2.75) is 13.3 Å². The number of carbonyl (C=O) groups excluding carboxylic acids is 1. The van der Waals surface area contributed by atoms with Crippen LogP contribution in [0.1, 0.15) is 27.0 Å². The van der Waals surface area contributed by atoms with Crippen LogP contribution in [0.15, 0.2) is 60.3 Å². The number of halogens is 3. The molecule has 1 heterocycles. The maximum absolute atomic E-state index is 15.2. The van der Waals surface area contributed by atoms with Crippen molar-refractivity contribution in [1.82, 2.24) is 9.78 Å². The lowest BCUT2D eigenvalue weighted by atomic mass is 10.0. The fraction of sp³-hybridized carbons (Fsp3) is 0.111. The molecule has 1 aliphatic rings. The van der Waals surface area contributed by atoms with E-state index < -0.39 is 27.4 Å². The standard InChI is InChI=1S/C27H21ClF2N4O4S/c1-14-7-18(38-24-6-4-3-5-21(24)29)12-22(30)25(14)34-27(31)19(13-32-34)26(35)17-8-15-10-20(28)23(11-16(15)9-17)33-39(2,36)37/h3-7,9-13,33H,8,31H2,1-2H3. The fourth-order valence-electron chi connectivity index (χ4n) is 4.36. The highest BCUT2D eigenvalue weighted by Gasteiger charge is 2.26. The summed E-state index contributed by atoms with van der Waals surface area (Å²) in [6.45, 7) is 1.61. The lowest BCUT2D eigenvalue weighted by Crippen LogP contribution is -2.10. The van der Waals surface area contributed by atoms with Crippen molar-refractivity contribution in [2.24, 2.45) is 0 Å². The molecule has 0 saturated heterocycles. The van der Waals surface area contributed by atoms with E-state index in [-0.39, 0.29) is 45.7 Å². The highest BCUT2D eigenvalue weighted by molar-refractivity contribution is 7.92.